The van der Waals surface area contributed by atoms with Gasteiger partial charge in [0.25, 0.3) is 20.2 Å². The van der Waals surface area contributed by atoms with Crippen LogP contribution >= 0.6 is 11.6 Å². The first-order valence-electron chi connectivity index (χ1n) is 11.6. The quantitative estimate of drug-likeness (QED) is 0.0964. The molecule has 3 aromatic carbocycles. The number of anilines is 4. The van der Waals surface area contributed by atoms with Crippen molar-refractivity contribution in [2.75, 3.05) is 16.0 Å². The SMILES string of the molecule is C=CC(=O)Nc1nc(Cl)nc(Nc2ccc(N=Nc3cc(S(=O)(=O)O)c4cccc(S(=O)(=O)O)c4c3)c(NC(C)=O)c2)n1. The Bertz CT molecular complexity index is 2050. The van der Waals surface area contributed by atoms with E-state index in [1.807, 2.05) is 0 Å². The first kappa shape index (κ1) is 31.1. The average molecular weight is 647 g/mol. The second-order valence-electron chi connectivity index (χ2n) is 8.43. The van der Waals surface area contributed by atoms with E-state index in [4.69, 9.17) is 11.6 Å². The number of benzene rings is 3. The Kier molecular flexibility index (Phi) is 8.78. The van der Waals surface area contributed by atoms with Gasteiger partial charge in [0, 0.05) is 23.4 Å². The molecule has 0 spiro atoms. The second kappa shape index (κ2) is 12.2. The van der Waals surface area contributed by atoms with Crippen LogP contribution in [0.25, 0.3) is 10.8 Å². The van der Waals surface area contributed by atoms with E-state index in [9.17, 15) is 35.5 Å². The van der Waals surface area contributed by atoms with Crippen LogP contribution in [-0.2, 0) is 29.8 Å². The lowest BCUT2D eigenvalue weighted by Gasteiger charge is -2.11. The Hall–Kier alpha value is -4.88. The number of hydrogen-bond donors (Lipinski definition) is 5. The normalized spacial score (nSPS) is 11.8. The number of carbonyl (C=O) groups excluding carboxylic acids is 2. The number of hydrogen-bond acceptors (Lipinski definition) is 12. The molecule has 4 aromatic rings. The summed E-state index contributed by atoms with van der Waals surface area (Å²) in [7, 11) is -9.66. The fourth-order valence-corrected chi connectivity index (χ4v) is 5.24. The largest absolute Gasteiger partial charge is 0.324 e. The highest BCUT2D eigenvalue weighted by atomic mass is 35.5. The van der Waals surface area contributed by atoms with Crippen LogP contribution in [0.5, 0.6) is 0 Å². The molecule has 2 amide bonds. The molecule has 0 bridgehead atoms. The lowest BCUT2D eigenvalue weighted by molar-refractivity contribution is -0.114. The molecule has 0 unspecified atom stereocenters. The van der Waals surface area contributed by atoms with Crippen LogP contribution in [0.15, 0.2) is 81.2 Å². The number of halogens is 1. The van der Waals surface area contributed by atoms with E-state index < -0.39 is 41.8 Å². The molecule has 0 atom stereocenters. The van der Waals surface area contributed by atoms with Crippen molar-refractivity contribution in [1.29, 1.82) is 0 Å². The van der Waals surface area contributed by atoms with Crippen molar-refractivity contribution in [3.05, 3.63) is 66.5 Å². The fourth-order valence-electron chi connectivity index (χ4n) is 3.66. The monoisotopic (exact) mass is 646 g/mol. The summed E-state index contributed by atoms with van der Waals surface area (Å²) < 4.78 is 67.4. The zero-order chi connectivity index (χ0) is 31.5. The number of azo groups is 1. The summed E-state index contributed by atoms with van der Waals surface area (Å²) >= 11 is 5.91. The minimum atomic E-state index is -4.87. The Morgan fingerprint density at radius 3 is 2.23 bits per heavy atom. The van der Waals surface area contributed by atoms with Crippen molar-refractivity contribution in [2.45, 2.75) is 16.7 Å². The highest BCUT2D eigenvalue weighted by Crippen LogP contribution is 2.35. The number of nitrogens with one attached hydrogen (secondary N) is 3. The van der Waals surface area contributed by atoms with Gasteiger partial charge < -0.3 is 10.6 Å². The van der Waals surface area contributed by atoms with Gasteiger partial charge in [-0.15, -0.1) is 5.11 Å². The maximum absolute atomic E-state index is 12.1. The fraction of sp³-hybridized carbons (Fsp3) is 0.0417. The molecule has 0 fully saturated rings. The van der Waals surface area contributed by atoms with Gasteiger partial charge in [-0.2, -0.15) is 36.9 Å². The lowest BCUT2D eigenvalue weighted by Crippen LogP contribution is -2.12. The molecular weight excluding hydrogens is 628 g/mol. The number of amides is 2. The van der Waals surface area contributed by atoms with Crippen LogP contribution in [-0.4, -0.2) is 52.7 Å². The molecule has 222 valence electrons. The van der Waals surface area contributed by atoms with Gasteiger partial charge in [0.05, 0.1) is 11.4 Å². The van der Waals surface area contributed by atoms with Gasteiger partial charge in [-0.05, 0) is 54.1 Å². The van der Waals surface area contributed by atoms with Gasteiger partial charge >= 0.3 is 0 Å². The van der Waals surface area contributed by atoms with Crippen LogP contribution < -0.4 is 16.0 Å². The van der Waals surface area contributed by atoms with Gasteiger partial charge in [-0.25, -0.2) is 0 Å². The summed E-state index contributed by atoms with van der Waals surface area (Å²) in [5.41, 5.74) is 0.310. The minimum Gasteiger partial charge on any atom is -0.324 e. The number of aromatic nitrogens is 3. The van der Waals surface area contributed by atoms with E-state index >= 15 is 0 Å². The van der Waals surface area contributed by atoms with Crippen molar-refractivity contribution in [1.82, 2.24) is 15.0 Å². The van der Waals surface area contributed by atoms with E-state index in [0.29, 0.717) is 5.69 Å². The molecule has 0 aliphatic carbocycles. The Morgan fingerprint density at radius 2 is 1.58 bits per heavy atom. The van der Waals surface area contributed by atoms with Gasteiger partial charge in [-0.3, -0.25) is 24.0 Å². The summed E-state index contributed by atoms with van der Waals surface area (Å²) in [6, 6.07) is 9.91. The molecule has 0 saturated heterocycles. The van der Waals surface area contributed by atoms with Crippen LogP contribution in [0.4, 0.5) is 34.6 Å². The molecule has 1 aromatic heterocycles. The van der Waals surface area contributed by atoms with Crippen LogP contribution in [0.1, 0.15) is 6.92 Å². The van der Waals surface area contributed by atoms with Gasteiger partial charge in [0.2, 0.25) is 29.0 Å². The molecule has 16 nitrogen and oxygen atoms in total. The minimum absolute atomic E-state index is 0.0638. The van der Waals surface area contributed by atoms with E-state index in [1.54, 1.807) is 0 Å². The van der Waals surface area contributed by atoms with E-state index in [1.165, 1.54) is 37.3 Å². The topological polar surface area (TPSA) is 242 Å². The van der Waals surface area contributed by atoms with E-state index in [-0.39, 0.29) is 45.0 Å². The van der Waals surface area contributed by atoms with Crippen LogP contribution in [0.3, 0.4) is 0 Å². The second-order valence-corrected chi connectivity index (χ2v) is 11.5. The summed E-state index contributed by atoms with van der Waals surface area (Å²) in [5, 5.41) is 15.1. The third kappa shape index (κ3) is 7.70. The molecular formula is C24H19ClN8O8S2. The summed E-state index contributed by atoms with van der Waals surface area (Å²) in [4.78, 5) is 33.9. The molecule has 43 heavy (non-hydrogen) atoms. The maximum Gasteiger partial charge on any atom is 0.295 e. The molecule has 0 saturated carbocycles. The molecule has 19 heteroatoms. The molecule has 0 aliphatic rings. The Morgan fingerprint density at radius 1 is 0.884 bits per heavy atom. The third-order valence-corrected chi connectivity index (χ3v) is 7.30. The van der Waals surface area contributed by atoms with Gasteiger partial charge in [0.15, 0.2) is 0 Å². The smallest absolute Gasteiger partial charge is 0.295 e. The van der Waals surface area contributed by atoms with Crippen LogP contribution in [0, 0.1) is 0 Å². The average Bonchev–Trinajstić information content (AvgIpc) is 2.90. The Balaban J connectivity index is 1.75. The van der Waals surface area contributed by atoms with Crippen molar-refractivity contribution in [2.24, 2.45) is 10.2 Å². The van der Waals surface area contributed by atoms with Gasteiger partial charge in [0.1, 0.15) is 15.5 Å². The summed E-state index contributed by atoms with van der Waals surface area (Å²) in [5.74, 6) is -1.29. The summed E-state index contributed by atoms with van der Waals surface area (Å²) in [6.07, 6.45) is 1.01. The van der Waals surface area contributed by atoms with E-state index in [0.717, 1.165) is 24.3 Å². The lowest BCUT2D eigenvalue weighted by atomic mass is 10.1. The zero-order valence-electron chi connectivity index (χ0n) is 21.7. The first-order valence-corrected chi connectivity index (χ1v) is 14.9. The van der Waals surface area contributed by atoms with Crippen molar-refractivity contribution >= 4 is 89.1 Å². The Labute approximate surface area is 248 Å². The standard InChI is InChI=1S/C24H19ClN8O8S2/c1-3-21(35)28-24-30-22(25)29-23(31-24)27-13-7-8-17(18(10-13)26-12(2)34)33-32-14-9-16-15(20(11-14)43(39,40)41)5-4-6-19(16)42(36,37)38/h3-11H,1H2,2H3,(H,26,34)(H,36,37,38)(H,39,40,41)(H2,27,28,29,30,31,35). The highest BCUT2D eigenvalue weighted by molar-refractivity contribution is 7.86. The first-order chi connectivity index (χ1) is 20.1. The molecule has 4 rings (SSSR count). The predicted molar refractivity (Wildman–Crippen MR) is 155 cm³/mol. The molecule has 0 radical (unpaired) electrons. The van der Waals surface area contributed by atoms with Crippen molar-refractivity contribution in [3.8, 4) is 0 Å². The summed E-state index contributed by atoms with van der Waals surface area (Å²) in [6.45, 7) is 4.57. The van der Waals surface area contributed by atoms with Crippen molar-refractivity contribution in [3.63, 3.8) is 0 Å². The predicted octanol–water partition coefficient (Wildman–Crippen LogP) is 4.41. The number of rotatable bonds is 9. The van der Waals surface area contributed by atoms with Crippen molar-refractivity contribution < 1.29 is 35.5 Å². The third-order valence-electron chi connectivity index (χ3n) is 5.32. The molecule has 5 N–H and O–H groups in total. The number of fused-ring (bicyclic) bond motifs is 1. The molecule has 1 heterocycles. The molecule has 0 aliphatic heterocycles. The van der Waals surface area contributed by atoms with Crippen LogP contribution in [0.2, 0.25) is 5.28 Å². The van der Waals surface area contributed by atoms with E-state index in [2.05, 4.69) is 47.7 Å². The zero-order valence-corrected chi connectivity index (χ0v) is 24.1. The highest BCUT2D eigenvalue weighted by Gasteiger charge is 2.21. The number of nitrogens with zero attached hydrogens (tertiary/aromatic N) is 5. The number of carbonyl (C=O) groups is 2. The maximum atomic E-state index is 12.1. The van der Waals surface area contributed by atoms with Gasteiger partial charge in [-0.1, -0.05) is 18.7 Å².